The van der Waals surface area contributed by atoms with Crippen LogP contribution in [0.2, 0.25) is 0 Å². The predicted molar refractivity (Wildman–Crippen MR) is 264 cm³/mol. The molecule has 4 heterocycles. The predicted octanol–water partition coefficient (Wildman–Crippen LogP) is 14.9. The van der Waals surface area contributed by atoms with Crippen molar-refractivity contribution in [2.75, 3.05) is 0 Å². The van der Waals surface area contributed by atoms with Crippen LogP contribution in [0, 0.1) is 0 Å². The Morgan fingerprint density at radius 3 is 2.02 bits per heavy atom. The van der Waals surface area contributed by atoms with E-state index in [2.05, 4.69) is 180 Å². The monoisotopic (exact) mass is 824 g/mol. The van der Waals surface area contributed by atoms with Crippen LogP contribution in [0.5, 0.6) is 0 Å². The molecule has 63 heavy (non-hydrogen) atoms. The number of furan rings is 1. The van der Waals surface area contributed by atoms with Crippen LogP contribution >= 0.6 is 11.3 Å². The van der Waals surface area contributed by atoms with Gasteiger partial charge in [-0.1, -0.05) is 158 Å². The molecule has 1 aliphatic rings. The highest BCUT2D eigenvalue weighted by Gasteiger charge is 2.24. The maximum Gasteiger partial charge on any atom is 0.159 e. The number of para-hydroxylation sites is 4. The first-order valence-electron chi connectivity index (χ1n) is 21.3. The molecule has 0 aliphatic carbocycles. The van der Waals surface area contributed by atoms with Gasteiger partial charge >= 0.3 is 0 Å². The summed E-state index contributed by atoms with van der Waals surface area (Å²) in [6.07, 6.45) is -0.356. The van der Waals surface area contributed by atoms with E-state index in [4.69, 9.17) is 14.4 Å². The lowest BCUT2D eigenvalue weighted by molar-refractivity contribution is 0.667. The number of nitrogens with one attached hydrogen (secondary N) is 1. The van der Waals surface area contributed by atoms with Gasteiger partial charge < -0.3 is 14.3 Å². The van der Waals surface area contributed by atoms with E-state index in [1.54, 1.807) is 0 Å². The average molecular weight is 825 g/mol. The summed E-state index contributed by atoms with van der Waals surface area (Å²) in [6, 6.07) is 73.4. The Balaban J connectivity index is 0.944. The first-order chi connectivity index (χ1) is 31.2. The van der Waals surface area contributed by atoms with E-state index in [1.807, 2.05) is 47.7 Å². The van der Waals surface area contributed by atoms with Gasteiger partial charge in [0.1, 0.15) is 23.2 Å². The second-order valence-corrected chi connectivity index (χ2v) is 17.2. The highest BCUT2D eigenvalue weighted by molar-refractivity contribution is 7.26. The molecule has 13 rings (SSSR count). The third-order valence-corrected chi connectivity index (χ3v) is 13.6. The third kappa shape index (κ3) is 5.76. The van der Waals surface area contributed by atoms with E-state index < -0.39 is 0 Å². The largest absolute Gasteiger partial charge is 0.456 e. The van der Waals surface area contributed by atoms with E-state index >= 15 is 0 Å². The average Bonchev–Trinajstić information content (AvgIpc) is 4.03. The van der Waals surface area contributed by atoms with Gasteiger partial charge in [0.2, 0.25) is 0 Å². The Hall–Kier alpha value is -8.06. The quantitative estimate of drug-likeness (QED) is 0.182. The van der Waals surface area contributed by atoms with Crippen molar-refractivity contribution in [3.63, 3.8) is 0 Å². The van der Waals surface area contributed by atoms with E-state index in [0.717, 1.165) is 50.2 Å². The molecule has 296 valence electrons. The van der Waals surface area contributed by atoms with E-state index in [1.165, 1.54) is 64.2 Å². The molecule has 1 atom stereocenters. The highest BCUT2D eigenvalue weighted by Crippen LogP contribution is 2.46. The SMILES string of the molecule is c1ccc(C2=NC(c3ccc4c(c3)oc3ccccc34)=NC(c3ccc4c(c3)sc3cccc(-c5ccccc5-c5cccc6c7ccccc7n(-c7ccccc7)c56)c34)N2)cc1. The van der Waals surface area contributed by atoms with Crippen molar-refractivity contribution in [2.45, 2.75) is 6.17 Å². The fraction of sp³-hybridized carbons (Fsp3) is 0.0175. The summed E-state index contributed by atoms with van der Waals surface area (Å²) in [5.74, 6) is 1.45. The number of hydrogen-bond acceptors (Lipinski definition) is 5. The molecule has 1 aliphatic heterocycles. The van der Waals surface area contributed by atoms with Gasteiger partial charge in [-0.2, -0.15) is 0 Å². The smallest absolute Gasteiger partial charge is 0.159 e. The molecular weight excluding hydrogens is 789 g/mol. The minimum atomic E-state index is -0.356. The molecule has 0 radical (unpaired) electrons. The van der Waals surface area contributed by atoms with Crippen molar-refractivity contribution in [3.05, 3.63) is 223 Å². The summed E-state index contributed by atoms with van der Waals surface area (Å²) in [6.45, 7) is 0. The molecule has 5 nitrogen and oxygen atoms in total. The first-order valence-corrected chi connectivity index (χ1v) is 22.1. The lowest BCUT2D eigenvalue weighted by atomic mass is 9.91. The maximum atomic E-state index is 6.29. The zero-order chi connectivity index (χ0) is 41.4. The lowest BCUT2D eigenvalue weighted by Gasteiger charge is -2.23. The maximum absolute atomic E-state index is 6.29. The van der Waals surface area contributed by atoms with Gasteiger partial charge in [0, 0.05) is 64.1 Å². The normalized spacial score (nSPS) is 14.2. The highest BCUT2D eigenvalue weighted by atomic mass is 32.1. The van der Waals surface area contributed by atoms with Gasteiger partial charge in [0.05, 0.1) is 11.0 Å². The number of nitrogens with zero attached hydrogens (tertiary/aromatic N) is 3. The van der Waals surface area contributed by atoms with Crippen LogP contribution in [0.4, 0.5) is 0 Å². The summed E-state index contributed by atoms with van der Waals surface area (Å²) in [7, 11) is 0. The summed E-state index contributed by atoms with van der Waals surface area (Å²) in [5, 5.41) is 10.9. The molecule has 12 aromatic rings. The van der Waals surface area contributed by atoms with Crippen molar-refractivity contribution >= 4 is 86.9 Å². The number of hydrogen-bond donors (Lipinski definition) is 1. The van der Waals surface area contributed by atoms with Crippen LogP contribution in [0.15, 0.2) is 221 Å². The number of thiophene rings is 1. The van der Waals surface area contributed by atoms with Crippen LogP contribution in [-0.4, -0.2) is 16.2 Å². The molecule has 9 aromatic carbocycles. The summed E-state index contributed by atoms with van der Waals surface area (Å²) in [4.78, 5) is 10.4. The van der Waals surface area contributed by atoms with Crippen LogP contribution in [0.25, 0.3) is 91.9 Å². The third-order valence-electron chi connectivity index (χ3n) is 12.5. The zero-order valence-electron chi connectivity index (χ0n) is 33.9. The Kier molecular flexibility index (Phi) is 8.08. The lowest BCUT2D eigenvalue weighted by Crippen LogP contribution is -2.33. The van der Waals surface area contributed by atoms with Crippen LogP contribution in [-0.2, 0) is 0 Å². The Morgan fingerprint density at radius 1 is 0.476 bits per heavy atom. The Morgan fingerprint density at radius 2 is 1.14 bits per heavy atom. The van der Waals surface area contributed by atoms with Crippen molar-refractivity contribution < 1.29 is 4.42 Å². The molecule has 0 amide bonds. The van der Waals surface area contributed by atoms with Crippen molar-refractivity contribution in [2.24, 2.45) is 9.98 Å². The Labute approximate surface area is 366 Å². The van der Waals surface area contributed by atoms with Gasteiger partial charge in [0.15, 0.2) is 5.84 Å². The number of fused-ring (bicyclic) bond motifs is 9. The molecule has 0 saturated heterocycles. The second kappa shape index (κ2) is 14.3. The van der Waals surface area contributed by atoms with Crippen LogP contribution in [0.1, 0.15) is 22.9 Å². The zero-order valence-corrected chi connectivity index (χ0v) is 34.7. The van der Waals surface area contributed by atoms with Gasteiger partial charge in [-0.05, 0) is 70.8 Å². The van der Waals surface area contributed by atoms with Gasteiger partial charge in [-0.3, -0.25) is 0 Å². The van der Waals surface area contributed by atoms with Crippen molar-refractivity contribution in [3.8, 4) is 27.9 Å². The van der Waals surface area contributed by atoms with Crippen LogP contribution in [0.3, 0.4) is 0 Å². The molecule has 0 saturated carbocycles. The molecule has 6 heteroatoms. The topological polar surface area (TPSA) is 54.8 Å². The molecule has 0 bridgehead atoms. The van der Waals surface area contributed by atoms with E-state index in [9.17, 15) is 0 Å². The van der Waals surface area contributed by atoms with Crippen molar-refractivity contribution in [1.29, 1.82) is 0 Å². The molecule has 3 aromatic heterocycles. The summed E-state index contributed by atoms with van der Waals surface area (Å²) >= 11 is 1.83. The van der Waals surface area contributed by atoms with E-state index in [-0.39, 0.29) is 6.17 Å². The van der Waals surface area contributed by atoms with Gasteiger partial charge in [-0.15, -0.1) is 11.3 Å². The molecular formula is C57H36N4OS. The number of aromatic nitrogens is 1. The van der Waals surface area contributed by atoms with Gasteiger partial charge in [0.25, 0.3) is 0 Å². The summed E-state index contributed by atoms with van der Waals surface area (Å²) < 4.78 is 11.2. The number of aliphatic imine (C=N–C) groups is 2. The Bertz CT molecular complexity index is 3840. The minimum Gasteiger partial charge on any atom is -0.456 e. The number of benzene rings is 9. The standard InChI is InChI=1S/C57H36N4OS/c1-3-15-35(16-4-1)55-58-56(36-29-31-43-42-22-10-12-27-49(42)62-50(43)33-36)60-57(59-55)37-30-32-47-52(34-37)63-51-28-14-23-44(53(47)51)39-19-7-8-20-40(39)45-24-13-25-46-41-21-9-11-26-48(41)61(54(45)46)38-17-5-2-6-18-38/h1-34,57H,(H,58,59,60). The molecule has 0 fully saturated rings. The first kappa shape index (κ1) is 35.7. The summed E-state index contributed by atoms with van der Waals surface area (Å²) in [5.41, 5.74) is 13.1. The van der Waals surface area contributed by atoms with Crippen LogP contribution < -0.4 is 5.32 Å². The fourth-order valence-electron chi connectivity index (χ4n) is 9.63. The number of amidine groups is 2. The second-order valence-electron chi connectivity index (χ2n) is 16.1. The molecule has 1 N–H and O–H groups in total. The molecule has 0 spiro atoms. The fourth-order valence-corrected chi connectivity index (χ4v) is 10.8. The minimum absolute atomic E-state index is 0.356. The van der Waals surface area contributed by atoms with Crippen molar-refractivity contribution in [1.82, 2.24) is 9.88 Å². The number of rotatable bonds is 6. The van der Waals surface area contributed by atoms with E-state index in [0.29, 0.717) is 5.84 Å². The van der Waals surface area contributed by atoms with Gasteiger partial charge in [-0.25, -0.2) is 9.98 Å². The molecule has 1 unspecified atom stereocenters.